The number of hydrogen-bond acceptors (Lipinski definition) is 2. The second kappa shape index (κ2) is 3.17. The Balaban J connectivity index is 2.93. The minimum Gasteiger partial charge on any atom is -0.407 e. The van der Waals surface area contributed by atoms with Gasteiger partial charge in [-0.25, -0.2) is 0 Å². The highest BCUT2D eigenvalue weighted by Crippen LogP contribution is 1.98. The first-order chi connectivity index (χ1) is 5.17. The van der Waals surface area contributed by atoms with Crippen molar-refractivity contribution in [3.63, 3.8) is 0 Å². The third kappa shape index (κ3) is 1.89. The summed E-state index contributed by atoms with van der Waals surface area (Å²) in [4.78, 5) is 9.71. The monoisotopic (exact) mass is 168 g/mol. The van der Waals surface area contributed by atoms with Crippen LogP contribution in [0.3, 0.4) is 0 Å². The molecule has 0 spiro atoms. The molecule has 11 heavy (non-hydrogen) atoms. The van der Waals surface area contributed by atoms with E-state index < -0.39 is 8.56 Å². The van der Waals surface area contributed by atoms with Crippen LogP contribution in [0.5, 0.6) is 0 Å². The molecule has 1 atom stereocenters. The lowest BCUT2D eigenvalue weighted by molar-refractivity contribution is 0.314. The third-order valence-corrected chi connectivity index (χ3v) is 3.91. The molecule has 1 aromatic carbocycles. The normalized spacial score (nSPS) is 15.9. The molecule has 0 saturated heterocycles. The molecule has 3 heteroatoms. The SMILES string of the molecule is CO[Si](C)(O)c1ccccc1. The highest BCUT2D eigenvalue weighted by Gasteiger charge is 2.27. The summed E-state index contributed by atoms with van der Waals surface area (Å²) in [5, 5.41) is 0.905. The van der Waals surface area contributed by atoms with E-state index in [4.69, 9.17) is 4.43 Å². The molecule has 0 aliphatic carbocycles. The average Bonchev–Trinajstić information content (AvgIpc) is 2.06. The maximum Gasteiger partial charge on any atom is 0.366 e. The van der Waals surface area contributed by atoms with E-state index in [9.17, 15) is 4.80 Å². The van der Waals surface area contributed by atoms with Crippen LogP contribution < -0.4 is 5.19 Å². The van der Waals surface area contributed by atoms with Gasteiger partial charge in [-0.2, -0.15) is 0 Å². The van der Waals surface area contributed by atoms with Crippen LogP contribution in [0.4, 0.5) is 0 Å². The van der Waals surface area contributed by atoms with Crippen LogP contribution in [0.15, 0.2) is 30.3 Å². The zero-order valence-electron chi connectivity index (χ0n) is 6.74. The van der Waals surface area contributed by atoms with Crippen LogP contribution in [-0.4, -0.2) is 20.5 Å². The Bertz CT molecular complexity index is 221. The lowest BCUT2D eigenvalue weighted by atomic mass is 10.4. The summed E-state index contributed by atoms with van der Waals surface area (Å²) in [7, 11) is -1.01. The highest BCUT2D eigenvalue weighted by molar-refractivity contribution is 6.78. The van der Waals surface area contributed by atoms with Crippen molar-refractivity contribution in [1.82, 2.24) is 0 Å². The smallest absolute Gasteiger partial charge is 0.366 e. The number of benzene rings is 1. The Morgan fingerprint density at radius 1 is 1.27 bits per heavy atom. The third-order valence-electron chi connectivity index (χ3n) is 1.71. The second-order valence-corrected chi connectivity index (χ2v) is 5.50. The Kier molecular flexibility index (Phi) is 2.44. The summed E-state index contributed by atoms with van der Waals surface area (Å²) >= 11 is 0. The van der Waals surface area contributed by atoms with Gasteiger partial charge >= 0.3 is 8.56 Å². The van der Waals surface area contributed by atoms with Gasteiger partial charge in [-0.3, -0.25) is 0 Å². The molecule has 0 amide bonds. The summed E-state index contributed by atoms with van der Waals surface area (Å²) in [6.45, 7) is 1.75. The predicted octanol–water partition coefficient (Wildman–Crippen LogP) is 0.604. The topological polar surface area (TPSA) is 29.5 Å². The number of rotatable bonds is 2. The summed E-state index contributed by atoms with van der Waals surface area (Å²) < 4.78 is 5.02. The Morgan fingerprint density at radius 2 is 1.82 bits per heavy atom. The molecule has 1 unspecified atom stereocenters. The molecule has 60 valence electrons. The standard InChI is InChI=1S/C8H12O2Si/c1-10-11(2,9)8-6-4-3-5-7-8/h3-7,9H,1-2H3. The lowest BCUT2D eigenvalue weighted by Crippen LogP contribution is -2.47. The average molecular weight is 168 g/mol. The molecule has 1 N–H and O–H groups in total. The van der Waals surface area contributed by atoms with Gasteiger partial charge < -0.3 is 9.22 Å². The van der Waals surface area contributed by atoms with E-state index in [1.807, 2.05) is 30.3 Å². The Morgan fingerprint density at radius 3 is 2.27 bits per heavy atom. The zero-order valence-corrected chi connectivity index (χ0v) is 7.74. The minimum absolute atomic E-state index is 0.905. The quantitative estimate of drug-likeness (QED) is 0.655. The molecule has 0 aliphatic rings. The van der Waals surface area contributed by atoms with Crippen LogP contribution in [-0.2, 0) is 4.43 Å². The van der Waals surface area contributed by atoms with Crippen molar-refractivity contribution in [2.24, 2.45) is 0 Å². The maximum atomic E-state index is 9.71. The van der Waals surface area contributed by atoms with E-state index >= 15 is 0 Å². The summed E-state index contributed by atoms with van der Waals surface area (Å²) in [5.41, 5.74) is 0. The predicted molar refractivity (Wildman–Crippen MR) is 46.9 cm³/mol. The van der Waals surface area contributed by atoms with E-state index in [0.29, 0.717) is 0 Å². The first kappa shape index (κ1) is 8.45. The Hall–Kier alpha value is -0.643. The van der Waals surface area contributed by atoms with Gasteiger partial charge in [0.25, 0.3) is 0 Å². The van der Waals surface area contributed by atoms with E-state index in [1.165, 1.54) is 0 Å². The molecule has 0 aromatic heterocycles. The maximum absolute atomic E-state index is 9.71. The number of hydrogen-bond donors (Lipinski definition) is 1. The minimum atomic E-state index is -2.55. The van der Waals surface area contributed by atoms with Crippen molar-refractivity contribution < 1.29 is 9.22 Å². The van der Waals surface area contributed by atoms with E-state index in [1.54, 1.807) is 13.7 Å². The van der Waals surface area contributed by atoms with Gasteiger partial charge in [0.1, 0.15) is 0 Å². The summed E-state index contributed by atoms with van der Waals surface area (Å²) in [5.74, 6) is 0. The largest absolute Gasteiger partial charge is 0.407 e. The fourth-order valence-electron chi connectivity index (χ4n) is 0.865. The highest BCUT2D eigenvalue weighted by atomic mass is 28.4. The van der Waals surface area contributed by atoms with Crippen molar-refractivity contribution in [3.05, 3.63) is 30.3 Å². The van der Waals surface area contributed by atoms with Crippen LogP contribution in [0.1, 0.15) is 0 Å². The van der Waals surface area contributed by atoms with Gasteiger partial charge in [-0.15, -0.1) is 0 Å². The molecule has 0 aliphatic heterocycles. The fourth-order valence-corrected chi connectivity index (χ4v) is 1.91. The molecule has 0 saturated carbocycles. The van der Waals surface area contributed by atoms with Crippen molar-refractivity contribution in [2.45, 2.75) is 6.55 Å². The van der Waals surface area contributed by atoms with Crippen LogP contribution in [0, 0.1) is 0 Å². The summed E-state index contributed by atoms with van der Waals surface area (Å²) in [6, 6.07) is 9.49. The zero-order chi connectivity index (χ0) is 8.32. The lowest BCUT2D eigenvalue weighted by Gasteiger charge is -2.16. The van der Waals surface area contributed by atoms with E-state index in [2.05, 4.69) is 0 Å². The molecular formula is C8H12O2Si. The van der Waals surface area contributed by atoms with Crippen LogP contribution in [0.25, 0.3) is 0 Å². The molecular weight excluding hydrogens is 156 g/mol. The molecule has 0 heterocycles. The van der Waals surface area contributed by atoms with Crippen LogP contribution in [0.2, 0.25) is 6.55 Å². The molecule has 0 bridgehead atoms. The van der Waals surface area contributed by atoms with Gasteiger partial charge in [0.05, 0.1) is 0 Å². The van der Waals surface area contributed by atoms with Crippen molar-refractivity contribution in [3.8, 4) is 0 Å². The first-order valence-electron chi connectivity index (χ1n) is 3.50. The Labute approximate surface area is 67.7 Å². The molecule has 2 nitrogen and oxygen atoms in total. The van der Waals surface area contributed by atoms with Crippen molar-refractivity contribution in [2.75, 3.05) is 7.11 Å². The molecule has 0 fully saturated rings. The van der Waals surface area contributed by atoms with Crippen molar-refractivity contribution in [1.29, 1.82) is 0 Å². The van der Waals surface area contributed by atoms with E-state index in [0.717, 1.165) is 5.19 Å². The van der Waals surface area contributed by atoms with Gasteiger partial charge in [0.2, 0.25) is 0 Å². The summed E-state index contributed by atoms with van der Waals surface area (Å²) in [6.07, 6.45) is 0. The molecule has 1 rings (SSSR count). The van der Waals surface area contributed by atoms with Gasteiger partial charge in [-0.1, -0.05) is 30.3 Å². The second-order valence-electron chi connectivity index (χ2n) is 2.55. The molecule has 1 aromatic rings. The van der Waals surface area contributed by atoms with Gasteiger partial charge in [-0.05, 0) is 11.7 Å². The van der Waals surface area contributed by atoms with Crippen LogP contribution >= 0.6 is 0 Å². The fraction of sp³-hybridized carbons (Fsp3) is 0.250. The van der Waals surface area contributed by atoms with Gasteiger partial charge in [0, 0.05) is 7.11 Å². The van der Waals surface area contributed by atoms with E-state index in [-0.39, 0.29) is 0 Å². The first-order valence-corrected chi connectivity index (χ1v) is 5.85. The van der Waals surface area contributed by atoms with Gasteiger partial charge in [0.15, 0.2) is 0 Å². The van der Waals surface area contributed by atoms with Crippen molar-refractivity contribution >= 4 is 13.7 Å². The molecule has 0 radical (unpaired) electrons.